The van der Waals surface area contributed by atoms with E-state index < -0.39 is 0 Å². The van der Waals surface area contributed by atoms with Crippen LogP contribution in [0.1, 0.15) is 68.8 Å². The SMILES string of the molecule is CC1CCC(C)N1Cc1cc(Cc2nc3cccnc3s2)nc(NC2CCC(O)CC2)n1. The zero-order valence-corrected chi connectivity index (χ0v) is 19.7. The van der Waals surface area contributed by atoms with Crippen molar-refractivity contribution in [3.8, 4) is 0 Å². The van der Waals surface area contributed by atoms with Crippen molar-refractivity contribution in [2.75, 3.05) is 5.32 Å². The van der Waals surface area contributed by atoms with Crippen LogP contribution in [0.5, 0.6) is 0 Å². The van der Waals surface area contributed by atoms with Crippen molar-refractivity contribution in [3.05, 3.63) is 40.8 Å². The summed E-state index contributed by atoms with van der Waals surface area (Å²) in [4.78, 5) is 22.5. The summed E-state index contributed by atoms with van der Waals surface area (Å²) in [5.41, 5.74) is 3.00. The van der Waals surface area contributed by atoms with Gasteiger partial charge in [-0.3, -0.25) is 4.90 Å². The summed E-state index contributed by atoms with van der Waals surface area (Å²) in [7, 11) is 0. The minimum absolute atomic E-state index is 0.165. The lowest BCUT2D eigenvalue weighted by molar-refractivity contribution is 0.126. The number of aliphatic hydroxyl groups excluding tert-OH is 1. The van der Waals surface area contributed by atoms with Crippen molar-refractivity contribution < 1.29 is 5.11 Å². The third-order valence-electron chi connectivity index (χ3n) is 6.88. The van der Waals surface area contributed by atoms with E-state index in [2.05, 4.69) is 35.1 Å². The highest BCUT2D eigenvalue weighted by molar-refractivity contribution is 7.18. The van der Waals surface area contributed by atoms with E-state index in [-0.39, 0.29) is 6.10 Å². The van der Waals surface area contributed by atoms with Crippen LogP contribution in [0.25, 0.3) is 10.3 Å². The van der Waals surface area contributed by atoms with Crippen molar-refractivity contribution >= 4 is 27.6 Å². The maximum absolute atomic E-state index is 9.84. The molecule has 0 amide bonds. The monoisotopic (exact) mass is 452 g/mol. The number of anilines is 1. The second-order valence-electron chi connectivity index (χ2n) is 9.38. The van der Waals surface area contributed by atoms with E-state index in [1.165, 1.54) is 12.8 Å². The summed E-state index contributed by atoms with van der Waals surface area (Å²) in [5, 5.41) is 14.4. The number of pyridine rings is 1. The maximum atomic E-state index is 9.84. The number of hydrogen-bond acceptors (Lipinski definition) is 8. The molecular weight excluding hydrogens is 420 g/mol. The first-order valence-electron chi connectivity index (χ1n) is 11.8. The molecule has 0 radical (unpaired) electrons. The Bertz CT molecular complexity index is 1020. The van der Waals surface area contributed by atoms with Gasteiger partial charge in [-0.1, -0.05) is 11.3 Å². The molecule has 2 atom stereocenters. The molecule has 3 aromatic heterocycles. The van der Waals surface area contributed by atoms with Gasteiger partial charge in [0.05, 0.1) is 17.5 Å². The molecule has 1 aliphatic carbocycles. The lowest BCUT2D eigenvalue weighted by Gasteiger charge is -2.27. The van der Waals surface area contributed by atoms with Gasteiger partial charge in [0.2, 0.25) is 5.95 Å². The fourth-order valence-corrected chi connectivity index (χ4v) is 5.90. The van der Waals surface area contributed by atoms with Crippen LogP contribution in [0.2, 0.25) is 0 Å². The quantitative estimate of drug-likeness (QED) is 0.581. The van der Waals surface area contributed by atoms with Crippen LogP contribution < -0.4 is 5.32 Å². The molecule has 4 heterocycles. The molecule has 32 heavy (non-hydrogen) atoms. The molecule has 170 valence electrons. The standard InChI is InChI=1S/C24H32N6OS/c1-15-5-6-16(2)30(15)14-19-12-18(13-22-29-21-4-3-11-25-23(21)32-22)27-24(28-19)26-17-7-9-20(31)10-8-17/h3-4,11-12,15-17,20,31H,5-10,13-14H2,1-2H3,(H,26,27,28). The van der Waals surface area contributed by atoms with E-state index in [1.54, 1.807) is 11.3 Å². The van der Waals surface area contributed by atoms with Gasteiger partial charge in [0.25, 0.3) is 0 Å². The summed E-state index contributed by atoms with van der Waals surface area (Å²) in [5.74, 6) is 0.706. The summed E-state index contributed by atoms with van der Waals surface area (Å²) in [6.07, 6.45) is 8.40. The first-order chi connectivity index (χ1) is 15.5. The van der Waals surface area contributed by atoms with E-state index in [1.807, 2.05) is 18.3 Å². The Morgan fingerprint density at radius 1 is 1.03 bits per heavy atom. The highest BCUT2D eigenvalue weighted by Crippen LogP contribution is 2.27. The van der Waals surface area contributed by atoms with E-state index in [0.29, 0.717) is 30.5 Å². The van der Waals surface area contributed by atoms with Gasteiger partial charge in [0.15, 0.2) is 0 Å². The number of nitrogens with one attached hydrogen (secondary N) is 1. The molecule has 2 N–H and O–H groups in total. The highest BCUT2D eigenvalue weighted by Gasteiger charge is 2.28. The number of aliphatic hydroxyl groups is 1. The number of fused-ring (bicyclic) bond motifs is 1. The molecule has 1 saturated carbocycles. The predicted molar refractivity (Wildman–Crippen MR) is 128 cm³/mol. The maximum Gasteiger partial charge on any atom is 0.223 e. The van der Waals surface area contributed by atoms with E-state index in [9.17, 15) is 5.11 Å². The average molecular weight is 453 g/mol. The predicted octanol–water partition coefficient (Wildman–Crippen LogP) is 4.16. The zero-order valence-electron chi connectivity index (χ0n) is 18.9. The summed E-state index contributed by atoms with van der Waals surface area (Å²) in [6, 6.07) is 7.56. The van der Waals surface area contributed by atoms with Gasteiger partial charge in [-0.15, -0.1) is 0 Å². The number of thiazole rings is 1. The van der Waals surface area contributed by atoms with Crippen molar-refractivity contribution in [1.82, 2.24) is 24.8 Å². The van der Waals surface area contributed by atoms with E-state index >= 15 is 0 Å². The van der Waals surface area contributed by atoms with E-state index in [0.717, 1.165) is 59.0 Å². The van der Waals surface area contributed by atoms with Crippen LogP contribution in [0.4, 0.5) is 5.95 Å². The van der Waals surface area contributed by atoms with Gasteiger partial charge < -0.3 is 10.4 Å². The molecule has 2 fully saturated rings. The van der Waals surface area contributed by atoms with Crippen molar-refractivity contribution in [2.24, 2.45) is 0 Å². The molecule has 7 nitrogen and oxygen atoms in total. The van der Waals surface area contributed by atoms with Gasteiger partial charge in [-0.25, -0.2) is 19.9 Å². The van der Waals surface area contributed by atoms with Crippen LogP contribution in [0.15, 0.2) is 24.4 Å². The van der Waals surface area contributed by atoms with Gasteiger partial charge in [-0.2, -0.15) is 0 Å². The third kappa shape index (κ3) is 4.92. The van der Waals surface area contributed by atoms with Crippen molar-refractivity contribution in [1.29, 1.82) is 0 Å². The Morgan fingerprint density at radius 3 is 2.53 bits per heavy atom. The second kappa shape index (κ2) is 9.37. The van der Waals surface area contributed by atoms with Crippen LogP contribution in [-0.2, 0) is 13.0 Å². The Morgan fingerprint density at radius 2 is 1.78 bits per heavy atom. The molecule has 2 aliphatic rings. The Labute approximate surface area is 193 Å². The molecular formula is C24H32N6OS. The Hall–Kier alpha value is -2.16. The van der Waals surface area contributed by atoms with Crippen molar-refractivity contribution in [2.45, 2.75) is 89.6 Å². The number of likely N-dealkylation sites (tertiary alicyclic amines) is 1. The number of hydrogen-bond donors (Lipinski definition) is 2. The fourth-order valence-electron chi connectivity index (χ4n) is 4.99. The highest BCUT2D eigenvalue weighted by atomic mass is 32.1. The van der Waals surface area contributed by atoms with Gasteiger partial charge in [0, 0.05) is 37.3 Å². The smallest absolute Gasteiger partial charge is 0.223 e. The van der Waals surface area contributed by atoms with Gasteiger partial charge in [-0.05, 0) is 70.6 Å². The topological polar surface area (TPSA) is 87.1 Å². The summed E-state index contributed by atoms with van der Waals surface area (Å²) in [6.45, 7) is 5.47. The molecule has 1 aliphatic heterocycles. The normalized spacial score (nSPS) is 26.6. The lowest BCUT2D eigenvalue weighted by atomic mass is 9.93. The first kappa shape index (κ1) is 21.7. The molecule has 1 saturated heterocycles. The van der Waals surface area contributed by atoms with Crippen molar-refractivity contribution in [3.63, 3.8) is 0 Å². The first-order valence-corrected chi connectivity index (χ1v) is 12.6. The van der Waals surface area contributed by atoms with Gasteiger partial charge >= 0.3 is 0 Å². The van der Waals surface area contributed by atoms with E-state index in [4.69, 9.17) is 15.0 Å². The fraction of sp³-hybridized carbons (Fsp3) is 0.583. The Kier molecular flexibility index (Phi) is 6.35. The lowest BCUT2D eigenvalue weighted by Crippen LogP contribution is -2.33. The van der Waals surface area contributed by atoms with Crippen LogP contribution in [0.3, 0.4) is 0 Å². The molecule has 2 unspecified atom stereocenters. The molecule has 8 heteroatoms. The van der Waals surface area contributed by atoms with Crippen LogP contribution >= 0.6 is 11.3 Å². The summed E-state index contributed by atoms with van der Waals surface area (Å²) >= 11 is 1.63. The number of aromatic nitrogens is 4. The molecule has 0 aromatic carbocycles. The minimum atomic E-state index is -0.165. The minimum Gasteiger partial charge on any atom is -0.393 e. The Balaban J connectivity index is 1.40. The average Bonchev–Trinajstić information content (AvgIpc) is 3.32. The number of nitrogens with zero attached hydrogens (tertiary/aromatic N) is 5. The summed E-state index contributed by atoms with van der Waals surface area (Å²) < 4.78 is 0. The second-order valence-corrected chi connectivity index (χ2v) is 10.4. The van der Waals surface area contributed by atoms with Crippen LogP contribution in [0, 0.1) is 0 Å². The molecule has 0 spiro atoms. The molecule has 3 aromatic rings. The number of rotatable bonds is 6. The zero-order chi connectivity index (χ0) is 22.1. The molecule has 0 bridgehead atoms. The third-order valence-corrected chi connectivity index (χ3v) is 7.86. The largest absolute Gasteiger partial charge is 0.393 e. The van der Waals surface area contributed by atoms with Gasteiger partial charge in [0.1, 0.15) is 15.4 Å². The molecule has 5 rings (SSSR count). The van der Waals surface area contributed by atoms with Crippen LogP contribution in [-0.4, -0.2) is 54.2 Å².